The molecule has 1 amide bonds. The smallest absolute Gasteiger partial charge is 0.239 e. The fourth-order valence-corrected chi connectivity index (χ4v) is 3.08. The third-order valence-electron chi connectivity index (χ3n) is 4.80. The minimum absolute atomic E-state index is 0.0615. The number of carbonyl (C=O) groups is 1. The molecule has 0 atom stereocenters. The summed E-state index contributed by atoms with van der Waals surface area (Å²) in [5, 5.41) is 9.36. The first kappa shape index (κ1) is 21.7. The lowest BCUT2D eigenvalue weighted by atomic mass is 9.94. The number of nitrogens with zero attached hydrogens (tertiary/aromatic N) is 3. The van der Waals surface area contributed by atoms with Gasteiger partial charge in [-0.25, -0.2) is 9.98 Å². The molecule has 8 heteroatoms. The van der Waals surface area contributed by atoms with Gasteiger partial charge in [0.25, 0.3) is 0 Å². The molecule has 0 spiro atoms. The number of amides is 1. The number of aromatic nitrogens is 1. The van der Waals surface area contributed by atoms with Crippen molar-refractivity contribution in [3.8, 4) is 0 Å². The first-order valence-electron chi connectivity index (χ1n) is 10.4. The fraction of sp³-hybridized carbons (Fsp3) is 0.500. The van der Waals surface area contributed by atoms with E-state index < -0.39 is 0 Å². The highest BCUT2D eigenvalue weighted by Gasteiger charge is 2.19. The monoisotopic (exact) mass is 412 g/mol. The zero-order valence-electron chi connectivity index (χ0n) is 18.3. The summed E-state index contributed by atoms with van der Waals surface area (Å²) in [5.74, 6) is 2.29. The molecular weight excluding hydrogens is 380 g/mol. The van der Waals surface area contributed by atoms with Crippen molar-refractivity contribution in [2.45, 2.75) is 46.2 Å². The molecule has 1 fully saturated rings. The highest BCUT2D eigenvalue weighted by molar-refractivity contribution is 5.82. The second-order valence-corrected chi connectivity index (χ2v) is 8.35. The van der Waals surface area contributed by atoms with E-state index in [0.29, 0.717) is 38.0 Å². The van der Waals surface area contributed by atoms with Crippen molar-refractivity contribution in [3.05, 3.63) is 47.7 Å². The summed E-state index contributed by atoms with van der Waals surface area (Å²) in [6.07, 6.45) is 1.79. The molecule has 0 bridgehead atoms. The van der Waals surface area contributed by atoms with Crippen LogP contribution in [0.3, 0.4) is 0 Å². The Labute approximate surface area is 178 Å². The molecule has 1 aliphatic rings. The Kier molecular flexibility index (Phi) is 6.97. The van der Waals surface area contributed by atoms with E-state index in [-0.39, 0.29) is 11.3 Å². The van der Waals surface area contributed by atoms with Crippen LogP contribution in [-0.4, -0.2) is 43.0 Å². The van der Waals surface area contributed by atoms with Gasteiger partial charge in [-0.1, -0.05) is 32.9 Å². The number of nitrogens with one attached hydrogen (secondary N) is 3. The summed E-state index contributed by atoms with van der Waals surface area (Å²) in [6, 6.07) is 8.20. The van der Waals surface area contributed by atoms with Crippen LogP contribution >= 0.6 is 0 Å². The Bertz CT molecular complexity index is 866. The van der Waals surface area contributed by atoms with Gasteiger partial charge in [-0.15, -0.1) is 0 Å². The second-order valence-electron chi connectivity index (χ2n) is 8.35. The number of benzene rings is 1. The van der Waals surface area contributed by atoms with E-state index in [9.17, 15) is 4.79 Å². The quantitative estimate of drug-likeness (QED) is 0.497. The molecule has 0 saturated carbocycles. The zero-order valence-corrected chi connectivity index (χ0v) is 18.3. The standard InChI is InChI=1S/C22H32N6O2/c1-5-23-21(27-14-20-25-13-18(30-20)22(2,3)4)26-12-16-6-8-17(9-7-16)28-11-10-24-19(29)15-28/h6-9,13H,5,10-12,14-15H2,1-4H3,(H,24,29)(H2,23,26,27). The van der Waals surface area contributed by atoms with Crippen molar-refractivity contribution in [2.24, 2.45) is 4.99 Å². The number of carbonyl (C=O) groups excluding carboxylic acids is 1. The number of aliphatic imine (C=N–C) groups is 1. The van der Waals surface area contributed by atoms with Crippen LogP contribution in [0.25, 0.3) is 0 Å². The number of anilines is 1. The molecule has 2 heterocycles. The largest absolute Gasteiger partial charge is 0.443 e. The van der Waals surface area contributed by atoms with Gasteiger partial charge in [0.2, 0.25) is 11.8 Å². The Morgan fingerprint density at radius 1 is 1.27 bits per heavy atom. The van der Waals surface area contributed by atoms with E-state index in [1.165, 1.54) is 0 Å². The maximum Gasteiger partial charge on any atom is 0.239 e. The molecule has 2 aromatic rings. The Hall–Kier alpha value is -3.03. The lowest BCUT2D eigenvalue weighted by Crippen LogP contribution is -2.47. The average molecular weight is 413 g/mol. The van der Waals surface area contributed by atoms with Crippen molar-refractivity contribution in [3.63, 3.8) is 0 Å². The van der Waals surface area contributed by atoms with Crippen LogP contribution in [0.2, 0.25) is 0 Å². The van der Waals surface area contributed by atoms with Gasteiger partial charge in [-0.3, -0.25) is 4.79 Å². The van der Waals surface area contributed by atoms with Crippen LogP contribution < -0.4 is 20.9 Å². The van der Waals surface area contributed by atoms with Gasteiger partial charge in [0, 0.05) is 30.7 Å². The normalized spacial score (nSPS) is 15.1. The lowest BCUT2D eigenvalue weighted by Gasteiger charge is -2.28. The molecule has 1 aliphatic heterocycles. The number of oxazole rings is 1. The third-order valence-corrected chi connectivity index (χ3v) is 4.80. The highest BCUT2D eigenvalue weighted by atomic mass is 16.4. The van der Waals surface area contributed by atoms with Crippen molar-refractivity contribution in [2.75, 3.05) is 31.1 Å². The Balaban J connectivity index is 1.57. The predicted octanol–water partition coefficient (Wildman–Crippen LogP) is 2.16. The average Bonchev–Trinajstić information content (AvgIpc) is 3.20. The topological polar surface area (TPSA) is 94.8 Å². The number of rotatable bonds is 6. The van der Waals surface area contributed by atoms with Crippen LogP contribution in [0.5, 0.6) is 0 Å². The maximum atomic E-state index is 11.6. The summed E-state index contributed by atoms with van der Waals surface area (Å²) in [7, 11) is 0. The maximum absolute atomic E-state index is 11.6. The Morgan fingerprint density at radius 2 is 2.03 bits per heavy atom. The summed E-state index contributed by atoms with van der Waals surface area (Å²) >= 11 is 0. The first-order valence-corrected chi connectivity index (χ1v) is 10.4. The van der Waals surface area contributed by atoms with E-state index >= 15 is 0 Å². The highest BCUT2D eigenvalue weighted by Crippen LogP contribution is 2.22. The molecular formula is C22H32N6O2. The predicted molar refractivity (Wildman–Crippen MR) is 119 cm³/mol. The van der Waals surface area contributed by atoms with Crippen molar-refractivity contribution in [1.82, 2.24) is 20.9 Å². The van der Waals surface area contributed by atoms with Gasteiger partial charge >= 0.3 is 0 Å². The number of guanidine groups is 1. The van der Waals surface area contributed by atoms with Gasteiger partial charge in [-0.05, 0) is 24.6 Å². The van der Waals surface area contributed by atoms with Crippen LogP contribution in [-0.2, 0) is 23.3 Å². The van der Waals surface area contributed by atoms with Gasteiger partial charge in [-0.2, -0.15) is 0 Å². The molecule has 162 valence electrons. The molecule has 3 N–H and O–H groups in total. The number of hydrogen-bond acceptors (Lipinski definition) is 5. The number of hydrogen-bond donors (Lipinski definition) is 3. The molecule has 30 heavy (non-hydrogen) atoms. The third kappa shape index (κ3) is 5.98. The van der Waals surface area contributed by atoms with E-state index in [4.69, 9.17) is 4.42 Å². The minimum Gasteiger partial charge on any atom is -0.443 e. The van der Waals surface area contributed by atoms with Gasteiger partial charge < -0.3 is 25.3 Å². The second kappa shape index (κ2) is 9.65. The minimum atomic E-state index is -0.0615. The SMILES string of the molecule is CCNC(=NCc1ccc(N2CCNC(=O)C2)cc1)NCc1ncc(C(C)(C)C)o1. The summed E-state index contributed by atoms with van der Waals surface area (Å²) < 4.78 is 5.83. The van der Waals surface area contributed by atoms with Crippen molar-refractivity contribution < 1.29 is 9.21 Å². The van der Waals surface area contributed by atoms with Crippen LogP contribution in [0.1, 0.15) is 44.9 Å². The first-order chi connectivity index (χ1) is 14.3. The number of piperazine rings is 1. The van der Waals surface area contributed by atoms with E-state index in [2.05, 4.69) is 63.7 Å². The van der Waals surface area contributed by atoms with Crippen LogP contribution in [0.4, 0.5) is 5.69 Å². The molecule has 1 saturated heterocycles. The van der Waals surface area contributed by atoms with Gasteiger partial charge in [0.15, 0.2) is 5.96 Å². The van der Waals surface area contributed by atoms with E-state index in [1.54, 1.807) is 6.20 Å². The summed E-state index contributed by atoms with van der Waals surface area (Å²) in [5.41, 5.74) is 2.10. The van der Waals surface area contributed by atoms with Crippen LogP contribution in [0.15, 0.2) is 39.9 Å². The molecule has 3 rings (SSSR count). The molecule has 1 aromatic heterocycles. The lowest BCUT2D eigenvalue weighted by molar-refractivity contribution is -0.120. The van der Waals surface area contributed by atoms with Gasteiger partial charge in [0.05, 0.1) is 25.8 Å². The zero-order chi connectivity index (χ0) is 21.6. The molecule has 0 aliphatic carbocycles. The van der Waals surface area contributed by atoms with Crippen LogP contribution in [0, 0.1) is 0 Å². The molecule has 0 radical (unpaired) electrons. The van der Waals surface area contributed by atoms with Gasteiger partial charge in [0.1, 0.15) is 5.76 Å². The summed E-state index contributed by atoms with van der Waals surface area (Å²) in [4.78, 5) is 22.7. The molecule has 8 nitrogen and oxygen atoms in total. The summed E-state index contributed by atoms with van der Waals surface area (Å²) in [6.45, 7) is 12.0. The van der Waals surface area contributed by atoms with E-state index in [1.807, 2.05) is 19.1 Å². The molecule has 1 aromatic carbocycles. The Morgan fingerprint density at radius 3 is 2.67 bits per heavy atom. The molecule has 0 unspecified atom stereocenters. The fourth-order valence-electron chi connectivity index (χ4n) is 3.08. The van der Waals surface area contributed by atoms with E-state index in [0.717, 1.165) is 30.1 Å². The van der Waals surface area contributed by atoms with Crippen molar-refractivity contribution in [1.29, 1.82) is 0 Å². The van der Waals surface area contributed by atoms with Crippen molar-refractivity contribution >= 4 is 17.6 Å².